The average molecular weight is 576 g/mol. The van der Waals surface area contributed by atoms with Crippen LogP contribution in [0.25, 0.3) is 21.7 Å². The van der Waals surface area contributed by atoms with Gasteiger partial charge in [-0.15, -0.1) is 24.5 Å². The fourth-order valence-corrected chi connectivity index (χ4v) is 4.50. The first-order chi connectivity index (χ1) is 19.0. The second-order valence-electron chi connectivity index (χ2n) is 8.68. The number of carboxylic acids is 1. The van der Waals surface area contributed by atoms with Crippen LogP contribution in [0, 0.1) is 6.92 Å². The van der Waals surface area contributed by atoms with Crippen molar-refractivity contribution in [3.05, 3.63) is 65.4 Å². The predicted molar refractivity (Wildman–Crippen MR) is 140 cm³/mol. The van der Waals surface area contributed by atoms with Crippen molar-refractivity contribution in [2.45, 2.75) is 39.8 Å². The number of hydrogen-bond acceptors (Lipinski definition) is 9. The van der Waals surface area contributed by atoms with Crippen LogP contribution in [0.3, 0.4) is 0 Å². The molecule has 0 bridgehead atoms. The van der Waals surface area contributed by atoms with E-state index in [1.54, 1.807) is 37.5 Å². The topological polar surface area (TPSA) is 113 Å². The quantitative estimate of drug-likeness (QED) is 0.220. The van der Waals surface area contributed by atoms with Crippen LogP contribution in [-0.2, 0) is 11.4 Å². The Kier molecular flexibility index (Phi) is 8.73. The Morgan fingerprint density at radius 3 is 2.27 bits per heavy atom. The minimum Gasteiger partial charge on any atom is -0.486 e. The number of aliphatic carboxylic acids is 1. The van der Waals surface area contributed by atoms with Gasteiger partial charge in [0.15, 0.2) is 6.61 Å². The normalized spacial score (nSPS) is 11.4. The number of carboxylic acid groups (broad SMARTS) is 1. The maximum atomic E-state index is 12.6. The summed E-state index contributed by atoms with van der Waals surface area (Å²) in [4.78, 5) is 24.6. The van der Waals surface area contributed by atoms with Gasteiger partial charge in [0.2, 0.25) is 0 Å². The number of alkyl halides is 3. The Hall–Kier alpha value is -4.39. The zero-order valence-corrected chi connectivity index (χ0v) is 22.4. The number of rotatable bonds is 11. The van der Waals surface area contributed by atoms with Gasteiger partial charge in [-0.1, -0.05) is 0 Å². The first-order valence-electron chi connectivity index (χ1n) is 11.9. The van der Waals surface area contributed by atoms with Crippen molar-refractivity contribution in [3.8, 4) is 45.0 Å². The van der Waals surface area contributed by atoms with Crippen molar-refractivity contribution < 1.29 is 42.0 Å². The number of carbonyl (C=O) groups is 1. The molecule has 0 aliphatic carbocycles. The summed E-state index contributed by atoms with van der Waals surface area (Å²) in [5.74, 6) is -0.470. The molecule has 210 valence electrons. The van der Waals surface area contributed by atoms with E-state index in [-0.39, 0.29) is 24.5 Å². The Morgan fingerprint density at radius 2 is 1.68 bits per heavy atom. The third kappa shape index (κ3) is 7.82. The number of hydrogen-bond donors (Lipinski definition) is 1. The van der Waals surface area contributed by atoms with Gasteiger partial charge in [-0.3, -0.25) is 0 Å². The van der Waals surface area contributed by atoms with Gasteiger partial charge >= 0.3 is 18.3 Å². The molecule has 13 heteroatoms. The molecule has 4 rings (SSSR count). The van der Waals surface area contributed by atoms with E-state index in [4.69, 9.17) is 24.3 Å². The second kappa shape index (κ2) is 12.2. The van der Waals surface area contributed by atoms with Crippen LogP contribution in [-0.4, -0.2) is 45.1 Å². The molecule has 0 saturated heterocycles. The maximum Gasteiger partial charge on any atom is 0.573 e. The van der Waals surface area contributed by atoms with Crippen molar-refractivity contribution >= 4 is 17.3 Å². The van der Waals surface area contributed by atoms with Crippen molar-refractivity contribution in [2.75, 3.05) is 6.61 Å². The van der Waals surface area contributed by atoms with Gasteiger partial charge in [-0.25, -0.2) is 19.7 Å². The van der Waals surface area contributed by atoms with Gasteiger partial charge in [-0.2, -0.15) is 0 Å². The van der Waals surface area contributed by atoms with Crippen LogP contribution in [0.1, 0.15) is 24.4 Å². The summed E-state index contributed by atoms with van der Waals surface area (Å²) in [6.45, 7) is 5.11. The minimum atomic E-state index is -4.79. The molecule has 0 amide bonds. The van der Waals surface area contributed by atoms with Gasteiger partial charge in [-0.05, 0) is 74.4 Å². The molecule has 2 aromatic heterocycles. The highest BCUT2D eigenvalue weighted by Gasteiger charge is 2.31. The number of halogens is 3. The van der Waals surface area contributed by atoms with E-state index in [0.29, 0.717) is 43.8 Å². The van der Waals surface area contributed by atoms with Crippen molar-refractivity contribution in [1.82, 2.24) is 15.0 Å². The van der Waals surface area contributed by atoms with E-state index in [1.165, 1.54) is 35.6 Å². The third-order valence-corrected chi connectivity index (χ3v) is 6.20. The first kappa shape index (κ1) is 28.6. The monoisotopic (exact) mass is 575 g/mol. The third-order valence-electron chi connectivity index (χ3n) is 5.12. The Labute approximate surface area is 231 Å². The lowest BCUT2D eigenvalue weighted by Crippen LogP contribution is -2.16. The molecule has 0 saturated carbocycles. The summed E-state index contributed by atoms with van der Waals surface area (Å²) >= 11 is 1.30. The summed E-state index contributed by atoms with van der Waals surface area (Å²) in [5.41, 5.74) is 2.42. The molecular weight excluding hydrogens is 551 g/mol. The van der Waals surface area contributed by atoms with Crippen LogP contribution in [0.4, 0.5) is 13.2 Å². The zero-order chi connectivity index (χ0) is 28.9. The van der Waals surface area contributed by atoms with E-state index in [1.807, 2.05) is 13.8 Å². The molecule has 0 unspecified atom stereocenters. The molecule has 0 radical (unpaired) electrons. The van der Waals surface area contributed by atoms with E-state index in [2.05, 4.69) is 14.7 Å². The van der Waals surface area contributed by atoms with Crippen molar-refractivity contribution in [3.63, 3.8) is 0 Å². The number of aryl methyl sites for hydroxylation is 1. The molecule has 2 aromatic carbocycles. The van der Waals surface area contributed by atoms with E-state index in [9.17, 15) is 18.0 Å². The number of nitrogens with zero attached hydrogens (tertiary/aromatic N) is 3. The molecule has 1 N–H and O–H groups in total. The summed E-state index contributed by atoms with van der Waals surface area (Å²) < 4.78 is 58.5. The van der Waals surface area contributed by atoms with Gasteiger partial charge < -0.3 is 24.1 Å². The molecule has 0 atom stereocenters. The molecule has 2 heterocycles. The van der Waals surface area contributed by atoms with Crippen molar-refractivity contribution in [2.24, 2.45) is 0 Å². The molecule has 9 nitrogen and oxygen atoms in total. The van der Waals surface area contributed by atoms with Crippen LogP contribution >= 0.6 is 11.3 Å². The van der Waals surface area contributed by atoms with Gasteiger partial charge in [0.25, 0.3) is 0 Å². The zero-order valence-electron chi connectivity index (χ0n) is 21.6. The molecule has 40 heavy (non-hydrogen) atoms. The fourth-order valence-electron chi connectivity index (χ4n) is 3.49. The Balaban J connectivity index is 1.59. The Bertz CT molecular complexity index is 1460. The molecule has 0 fully saturated rings. The van der Waals surface area contributed by atoms with Gasteiger partial charge in [0.05, 0.1) is 16.7 Å². The maximum absolute atomic E-state index is 12.6. The number of benzene rings is 2. The second-order valence-corrected chi connectivity index (χ2v) is 9.76. The van der Waals surface area contributed by atoms with Crippen LogP contribution in [0.2, 0.25) is 0 Å². The molecular formula is C27H24F3N3O6S. The Morgan fingerprint density at radius 1 is 1.00 bits per heavy atom. The van der Waals surface area contributed by atoms with Gasteiger partial charge in [0, 0.05) is 18.0 Å². The van der Waals surface area contributed by atoms with Crippen LogP contribution < -0.4 is 18.9 Å². The largest absolute Gasteiger partial charge is 0.573 e. The smallest absolute Gasteiger partial charge is 0.486 e. The standard InChI is InChI=1S/C27H24F3N3O6S/c1-15(2)38-26-31-11-18(12-32-26)24-25(17-4-6-19(7-5-17)39-27(28,29)30)40-22(33-24)13-36-20-8-9-21(16(3)10-20)37-14-23(34)35/h4-12,15H,13-14H2,1-3H3,(H,34,35). The highest BCUT2D eigenvalue weighted by Crippen LogP contribution is 2.38. The highest BCUT2D eigenvalue weighted by molar-refractivity contribution is 7.15. The molecule has 0 aliphatic rings. The van der Waals surface area contributed by atoms with Crippen LogP contribution in [0.15, 0.2) is 54.9 Å². The lowest BCUT2D eigenvalue weighted by atomic mass is 10.1. The van der Waals surface area contributed by atoms with Crippen LogP contribution in [0.5, 0.6) is 23.3 Å². The lowest BCUT2D eigenvalue weighted by Gasteiger charge is -2.09. The minimum absolute atomic E-state index is 0.0944. The first-order valence-corrected chi connectivity index (χ1v) is 12.7. The molecule has 0 spiro atoms. The van der Waals surface area contributed by atoms with E-state index in [0.717, 1.165) is 0 Å². The van der Waals surface area contributed by atoms with Gasteiger partial charge in [0.1, 0.15) is 28.9 Å². The summed E-state index contributed by atoms with van der Waals surface area (Å²) in [7, 11) is 0. The van der Waals surface area contributed by atoms with E-state index >= 15 is 0 Å². The number of aromatic nitrogens is 3. The fraction of sp³-hybridized carbons (Fsp3) is 0.259. The highest BCUT2D eigenvalue weighted by atomic mass is 32.1. The number of thiazole rings is 1. The summed E-state index contributed by atoms with van der Waals surface area (Å²) in [5, 5.41) is 9.39. The predicted octanol–water partition coefficient (Wildman–Crippen LogP) is 6.30. The lowest BCUT2D eigenvalue weighted by molar-refractivity contribution is -0.274. The summed E-state index contributed by atoms with van der Waals surface area (Å²) in [6, 6.07) is 10.7. The summed E-state index contributed by atoms with van der Waals surface area (Å²) in [6.07, 6.45) is -1.77. The molecule has 0 aliphatic heterocycles. The van der Waals surface area contributed by atoms with E-state index < -0.39 is 18.9 Å². The molecule has 4 aromatic rings. The average Bonchev–Trinajstić information content (AvgIpc) is 3.31. The SMILES string of the molecule is Cc1cc(OCc2nc(-c3cnc(OC(C)C)nc3)c(-c3ccc(OC(F)(F)F)cc3)s2)ccc1OCC(=O)O. The van der Waals surface area contributed by atoms with Crippen molar-refractivity contribution in [1.29, 1.82) is 0 Å². The number of ether oxygens (including phenoxy) is 4.